The minimum Gasteiger partial charge on any atom is -0.357 e. The normalized spacial score (nSPS) is 14.4. The molecule has 5 nitrogen and oxygen atoms in total. The molecule has 0 atom stereocenters. The van der Waals surface area contributed by atoms with Gasteiger partial charge in [0.1, 0.15) is 0 Å². The summed E-state index contributed by atoms with van der Waals surface area (Å²) < 4.78 is 0. The zero-order valence-electron chi connectivity index (χ0n) is 15.4. The maximum Gasteiger partial charge on any atom is 0.222 e. The highest BCUT2D eigenvalue weighted by atomic mass is 127. The third-order valence-electron chi connectivity index (χ3n) is 4.12. The van der Waals surface area contributed by atoms with E-state index in [1.807, 2.05) is 4.90 Å². The van der Waals surface area contributed by atoms with Crippen LogP contribution < -0.4 is 10.6 Å². The van der Waals surface area contributed by atoms with Gasteiger partial charge in [-0.15, -0.1) is 24.0 Å². The van der Waals surface area contributed by atoms with Crippen LogP contribution in [-0.4, -0.2) is 36.4 Å². The molecule has 0 aliphatic carbocycles. The summed E-state index contributed by atoms with van der Waals surface area (Å²) in [4.78, 5) is 18.4. The van der Waals surface area contributed by atoms with E-state index in [1.165, 1.54) is 17.5 Å². The first-order valence-electron chi connectivity index (χ1n) is 9.10. The lowest BCUT2D eigenvalue weighted by Gasteiger charge is -2.16. The predicted molar refractivity (Wildman–Crippen MR) is 114 cm³/mol. The highest BCUT2D eigenvalue weighted by Gasteiger charge is 2.19. The van der Waals surface area contributed by atoms with Crippen molar-refractivity contribution in [1.82, 2.24) is 15.5 Å². The molecule has 140 valence electrons. The molecule has 25 heavy (non-hydrogen) atoms. The second-order valence-electron chi connectivity index (χ2n) is 6.21. The number of aliphatic imine (C=N–C) groups is 1. The average Bonchev–Trinajstić information content (AvgIpc) is 2.98. The van der Waals surface area contributed by atoms with Crippen molar-refractivity contribution in [3.05, 3.63) is 35.4 Å². The van der Waals surface area contributed by atoms with Crippen LogP contribution in [0.3, 0.4) is 0 Å². The molecule has 1 aliphatic rings. The van der Waals surface area contributed by atoms with Crippen LogP contribution in [0.15, 0.2) is 29.3 Å². The van der Waals surface area contributed by atoms with Crippen molar-refractivity contribution in [2.75, 3.05) is 19.6 Å². The summed E-state index contributed by atoms with van der Waals surface area (Å²) in [5.41, 5.74) is 2.36. The fourth-order valence-electron chi connectivity index (χ4n) is 2.81. The maximum atomic E-state index is 11.8. The minimum absolute atomic E-state index is 0. The number of carbonyl (C=O) groups is 1. The quantitative estimate of drug-likeness (QED) is 0.272. The summed E-state index contributed by atoms with van der Waals surface area (Å²) in [5.74, 6) is 1.14. The van der Waals surface area contributed by atoms with E-state index in [9.17, 15) is 4.79 Å². The van der Waals surface area contributed by atoms with Gasteiger partial charge in [-0.2, -0.15) is 0 Å². The molecule has 0 aromatic heterocycles. The Hall–Kier alpha value is -1.31. The Morgan fingerprint density at radius 2 is 2.04 bits per heavy atom. The Morgan fingerprint density at radius 1 is 1.24 bits per heavy atom. The molecule has 2 N–H and O–H groups in total. The van der Waals surface area contributed by atoms with Gasteiger partial charge in [0, 0.05) is 32.6 Å². The molecular weight excluding hydrogens is 427 g/mol. The van der Waals surface area contributed by atoms with Gasteiger partial charge < -0.3 is 15.5 Å². The molecule has 6 heteroatoms. The highest BCUT2D eigenvalue weighted by Crippen LogP contribution is 2.15. The predicted octanol–water partition coefficient (Wildman–Crippen LogP) is 3.28. The summed E-state index contributed by atoms with van der Waals surface area (Å²) in [5, 5.41) is 6.63. The molecule has 0 spiro atoms. The SMILES string of the molecule is CCCCNC(=NCc1cccc(CN2CCCC2=O)c1)NCC.I. The standard InChI is InChI=1S/C19H30N4O.HI/c1-3-5-11-21-19(20-4-2)22-14-16-8-6-9-17(13-16)15-23-12-7-10-18(23)24;/h6,8-9,13H,3-5,7,10-12,14-15H2,1-2H3,(H2,20,21,22);1H. The number of likely N-dealkylation sites (tertiary alicyclic amines) is 1. The van der Waals surface area contributed by atoms with Crippen LogP contribution in [0.2, 0.25) is 0 Å². The fourth-order valence-corrected chi connectivity index (χ4v) is 2.81. The number of hydrogen-bond donors (Lipinski definition) is 2. The average molecular weight is 458 g/mol. The van der Waals surface area contributed by atoms with E-state index in [4.69, 9.17) is 0 Å². The van der Waals surface area contributed by atoms with E-state index in [0.717, 1.165) is 38.4 Å². The van der Waals surface area contributed by atoms with Crippen LogP contribution in [-0.2, 0) is 17.9 Å². The number of rotatable bonds is 8. The van der Waals surface area contributed by atoms with E-state index >= 15 is 0 Å². The number of nitrogens with one attached hydrogen (secondary N) is 2. The van der Waals surface area contributed by atoms with Crippen LogP contribution in [0.4, 0.5) is 0 Å². The molecule has 0 bridgehead atoms. The Bertz CT molecular complexity index is 562. The number of hydrogen-bond acceptors (Lipinski definition) is 2. The highest BCUT2D eigenvalue weighted by molar-refractivity contribution is 14.0. The Kier molecular flexibility index (Phi) is 10.5. The van der Waals surface area contributed by atoms with E-state index in [1.54, 1.807) is 0 Å². The molecule has 0 unspecified atom stereocenters. The zero-order chi connectivity index (χ0) is 17.2. The number of halogens is 1. The minimum atomic E-state index is 0. The molecule has 1 amide bonds. The molecule has 1 heterocycles. The van der Waals surface area contributed by atoms with Gasteiger partial charge in [-0.05, 0) is 30.9 Å². The third kappa shape index (κ3) is 7.63. The van der Waals surface area contributed by atoms with Crippen molar-refractivity contribution in [3.8, 4) is 0 Å². The lowest BCUT2D eigenvalue weighted by Crippen LogP contribution is -2.37. The Labute approximate surface area is 168 Å². The molecule has 0 saturated carbocycles. The van der Waals surface area contributed by atoms with E-state index < -0.39 is 0 Å². The number of amides is 1. The Morgan fingerprint density at radius 3 is 2.72 bits per heavy atom. The van der Waals surface area contributed by atoms with Crippen molar-refractivity contribution in [2.45, 2.75) is 52.6 Å². The molecule has 2 rings (SSSR count). The first-order chi connectivity index (χ1) is 11.7. The number of guanidine groups is 1. The van der Waals surface area contributed by atoms with Crippen LogP contribution >= 0.6 is 24.0 Å². The van der Waals surface area contributed by atoms with Gasteiger partial charge in [-0.25, -0.2) is 4.99 Å². The maximum absolute atomic E-state index is 11.8. The summed E-state index contributed by atoms with van der Waals surface area (Å²) >= 11 is 0. The van der Waals surface area contributed by atoms with Crippen LogP contribution in [0.5, 0.6) is 0 Å². The first kappa shape index (κ1) is 21.7. The van der Waals surface area contributed by atoms with Gasteiger partial charge >= 0.3 is 0 Å². The van der Waals surface area contributed by atoms with Gasteiger partial charge in [-0.1, -0.05) is 37.6 Å². The first-order valence-corrected chi connectivity index (χ1v) is 9.10. The van der Waals surface area contributed by atoms with Crippen LogP contribution in [0.25, 0.3) is 0 Å². The van der Waals surface area contributed by atoms with Crippen molar-refractivity contribution in [2.24, 2.45) is 4.99 Å². The summed E-state index contributed by atoms with van der Waals surface area (Å²) in [7, 11) is 0. The Balaban J connectivity index is 0.00000312. The molecule has 1 aromatic rings. The third-order valence-corrected chi connectivity index (χ3v) is 4.12. The smallest absolute Gasteiger partial charge is 0.222 e. The van der Waals surface area contributed by atoms with E-state index in [2.05, 4.69) is 53.7 Å². The molecule has 1 aromatic carbocycles. The number of carbonyl (C=O) groups excluding carboxylic acids is 1. The fraction of sp³-hybridized carbons (Fsp3) is 0.579. The van der Waals surface area contributed by atoms with Crippen LogP contribution in [0.1, 0.15) is 50.7 Å². The van der Waals surface area contributed by atoms with E-state index in [-0.39, 0.29) is 29.9 Å². The molecule has 1 aliphatic heterocycles. The molecule has 0 radical (unpaired) electrons. The second-order valence-corrected chi connectivity index (χ2v) is 6.21. The van der Waals surface area contributed by atoms with Crippen molar-refractivity contribution < 1.29 is 4.79 Å². The summed E-state index contributed by atoms with van der Waals surface area (Å²) in [6, 6.07) is 8.39. The van der Waals surface area contributed by atoms with Crippen molar-refractivity contribution in [3.63, 3.8) is 0 Å². The van der Waals surface area contributed by atoms with Crippen LogP contribution in [0, 0.1) is 0 Å². The lowest BCUT2D eigenvalue weighted by atomic mass is 10.1. The summed E-state index contributed by atoms with van der Waals surface area (Å²) in [6.07, 6.45) is 3.99. The van der Waals surface area contributed by atoms with Crippen molar-refractivity contribution >= 4 is 35.8 Å². The van der Waals surface area contributed by atoms with Crippen molar-refractivity contribution in [1.29, 1.82) is 0 Å². The molecule has 1 fully saturated rings. The monoisotopic (exact) mass is 458 g/mol. The second kappa shape index (κ2) is 12.1. The van der Waals surface area contributed by atoms with Gasteiger partial charge in [0.05, 0.1) is 6.54 Å². The largest absolute Gasteiger partial charge is 0.357 e. The number of nitrogens with zero attached hydrogens (tertiary/aromatic N) is 2. The zero-order valence-corrected chi connectivity index (χ0v) is 17.7. The van der Waals surface area contributed by atoms with E-state index in [0.29, 0.717) is 19.5 Å². The van der Waals surface area contributed by atoms with Gasteiger partial charge in [-0.3, -0.25) is 4.79 Å². The summed E-state index contributed by atoms with van der Waals surface area (Å²) in [6.45, 7) is 8.29. The van der Waals surface area contributed by atoms with Gasteiger partial charge in [0.2, 0.25) is 5.91 Å². The molecular formula is C19H31IN4O. The number of benzene rings is 1. The topological polar surface area (TPSA) is 56.7 Å². The molecule has 1 saturated heterocycles. The van der Waals surface area contributed by atoms with Gasteiger partial charge in [0.25, 0.3) is 0 Å². The lowest BCUT2D eigenvalue weighted by molar-refractivity contribution is -0.128. The number of unbranched alkanes of at least 4 members (excludes halogenated alkanes) is 1. The van der Waals surface area contributed by atoms with Gasteiger partial charge in [0.15, 0.2) is 5.96 Å².